The van der Waals surface area contributed by atoms with Gasteiger partial charge in [0.25, 0.3) is 5.91 Å². The van der Waals surface area contributed by atoms with Crippen LogP contribution >= 0.6 is 0 Å². The van der Waals surface area contributed by atoms with Crippen molar-refractivity contribution in [2.24, 2.45) is 5.92 Å². The Kier molecular flexibility index (Phi) is 6.59. The summed E-state index contributed by atoms with van der Waals surface area (Å²) >= 11 is 0. The summed E-state index contributed by atoms with van der Waals surface area (Å²) in [7, 11) is -3.34. The molecule has 1 aromatic carbocycles. The fourth-order valence-electron chi connectivity index (χ4n) is 3.88. The van der Waals surface area contributed by atoms with Crippen molar-refractivity contribution in [2.75, 3.05) is 23.6 Å². The van der Waals surface area contributed by atoms with Crippen LogP contribution in [-0.4, -0.2) is 50.0 Å². The largest absolute Gasteiger partial charge is 0.353 e. The Labute approximate surface area is 166 Å². The first-order chi connectivity index (χ1) is 13.4. The van der Waals surface area contributed by atoms with Gasteiger partial charge in [-0.25, -0.2) is 8.42 Å². The van der Waals surface area contributed by atoms with E-state index in [9.17, 15) is 18.0 Å². The molecule has 1 aliphatic heterocycles. The minimum absolute atomic E-state index is 0.00817. The number of hydrogen-bond donors (Lipinski definition) is 2. The van der Waals surface area contributed by atoms with Crippen LogP contribution in [0.3, 0.4) is 0 Å². The SMILES string of the molecule is CCS(=O)(=O)Nc1ccc(C(=O)N2CCCC(C(=O)NC3CCCC3)C2)cc1. The topological polar surface area (TPSA) is 95.6 Å². The average Bonchev–Trinajstić information content (AvgIpc) is 3.21. The molecule has 154 valence electrons. The molecule has 1 aliphatic carbocycles. The van der Waals surface area contributed by atoms with Gasteiger partial charge in [0, 0.05) is 30.4 Å². The standard InChI is InChI=1S/C20H29N3O4S/c1-2-28(26,27)22-18-11-9-15(10-12-18)20(25)23-13-5-6-16(14-23)19(24)21-17-7-3-4-8-17/h9-12,16-17,22H,2-8,13-14H2,1H3,(H,21,24). The summed E-state index contributed by atoms with van der Waals surface area (Å²) in [6.45, 7) is 2.63. The number of piperidine rings is 1. The molecular formula is C20H29N3O4S. The van der Waals surface area contributed by atoms with Crippen LogP contribution in [0.2, 0.25) is 0 Å². The number of nitrogens with one attached hydrogen (secondary N) is 2. The molecule has 0 radical (unpaired) electrons. The van der Waals surface area contributed by atoms with Crippen molar-refractivity contribution in [3.05, 3.63) is 29.8 Å². The number of amides is 2. The molecule has 7 nitrogen and oxygen atoms in total. The molecule has 1 aromatic rings. The van der Waals surface area contributed by atoms with Crippen LogP contribution in [0.1, 0.15) is 55.8 Å². The minimum atomic E-state index is -3.34. The number of carbonyl (C=O) groups excluding carboxylic acids is 2. The second-order valence-corrected chi connectivity index (χ2v) is 9.67. The lowest BCUT2D eigenvalue weighted by atomic mass is 9.96. The monoisotopic (exact) mass is 407 g/mol. The molecule has 8 heteroatoms. The minimum Gasteiger partial charge on any atom is -0.353 e. The summed E-state index contributed by atoms with van der Waals surface area (Å²) in [4.78, 5) is 27.1. The summed E-state index contributed by atoms with van der Waals surface area (Å²) < 4.78 is 25.7. The Balaban J connectivity index is 1.59. The van der Waals surface area contributed by atoms with Gasteiger partial charge in [0.15, 0.2) is 0 Å². The van der Waals surface area contributed by atoms with Crippen molar-refractivity contribution in [3.63, 3.8) is 0 Å². The van der Waals surface area contributed by atoms with E-state index < -0.39 is 10.0 Å². The van der Waals surface area contributed by atoms with E-state index in [-0.39, 0.29) is 29.5 Å². The number of anilines is 1. The second kappa shape index (κ2) is 8.94. The van der Waals surface area contributed by atoms with Gasteiger partial charge >= 0.3 is 0 Å². The van der Waals surface area contributed by atoms with Gasteiger partial charge in [0.05, 0.1) is 11.7 Å². The molecule has 1 saturated carbocycles. The molecule has 3 rings (SSSR count). The highest BCUT2D eigenvalue weighted by atomic mass is 32.2. The van der Waals surface area contributed by atoms with E-state index >= 15 is 0 Å². The number of benzene rings is 1. The normalized spacial score (nSPS) is 20.8. The molecule has 2 amide bonds. The predicted octanol–water partition coefficient (Wildman–Crippen LogP) is 2.36. The lowest BCUT2D eigenvalue weighted by Crippen LogP contribution is -2.47. The number of sulfonamides is 1. The number of nitrogens with zero attached hydrogens (tertiary/aromatic N) is 1. The van der Waals surface area contributed by atoms with E-state index in [0.29, 0.717) is 24.3 Å². The van der Waals surface area contributed by atoms with E-state index in [1.54, 1.807) is 36.1 Å². The number of rotatable bonds is 6. The van der Waals surface area contributed by atoms with Gasteiger partial charge in [0.1, 0.15) is 0 Å². The van der Waals surface area contributed by atoms with Crippen LogP contribution in [0.15, 0.2) is 24.3 Å². The first kappa shape index (κ1) is 20.6. The molecule has 2 N–H and O–H groups in total. The average molecular weight is 408 g/mol. The molecule has 28 heavy (non-hydrogen) atoms. The van der Waals surface area contributed by atoms with Crippen molar-refractivity contribution >= 4 is 27.5 Å². The van der Waals surface area contributed by atoms with Gasteiger partial charge < -0.3 is 10.2 Å². The molecule has 1 atom stereocenters. The third-order valence-corrected chi connectivity index (χ3v) is 6.87. The molecule has 1 heterocycles. The Morgan fingerprint density at radius 2 is 1.75 bits per heavy atom. The fourth-order valence-corrected chi connectivity index (χ4v) is 4.52. The highest BCUT2D eigenvalue weighted by molar-refractivity contribution is 7.92. The summed E-state index contributed by atoms with van der Waals surface area (Å²) in [5.41, 5.74) is 0.933. The van der Waals surface area contributed by atoms with Crippen molar-refractivity contribution in [1.82, 2.24) is 10.2 Å². The van der Waals surface area contributed by atoms with Crippen LogP contribution in [0.4, 0.5) is 5.69 Å². The van der Waals surface area contributed by atoms with Gasteiger partial charge in [-0.2, -0.15) is 0 Å². The quantitative estimate of drug-likeness (QED) is 0.757. The van der Waals surface area contributed by atoms with Crippen LogP contribution in [0, 0.1) is 5.92 Å². The fraction of sp³-hybridized carbons (Fsp3) is 0.600. The van der Waals surface area contributed by atoms with Gasteiger partial charge in [0.2, 0.25) is 15.9 Å². The zero-order chi connectivity index (χ0) is 20.1. The van der Waals surface area contributed by atoms with E-state index in [2.05, 4.69) is 10.0 Å². The maximum atomic E-state index is 12.8. The first-order valence-corrected chi connectivity index (χ1v) is 11.7. The third kappa shape index (κ3) is 5.25. The third-order valence-electron chi connectivity index (χ3n) is 5.57. The van der Waals surface area contributed by atoms with E-state index in [1.165, 1.54) is 12.8 Å². The predicted molar refractivity (Wildman–Crippen MR) is 109 cm³/mol. The van der Waals surface area contributed by atoms with Gasteiger partial charge in [-0.3, -0.25) is 14.3 Å². The zero-order valence-corrected chi connectivity index (χ0v) is 17.1. The number of likely N-dealkylation sites (tertiary alicyclic amines) is 1. The summed E-state index contributed by atoms with van der Waals surface area (Å²) in [6.07, 6.45) is 6.06. The Hall–Kier alpha value is -2.09. The molecule has 0 spiro atoms. The van der Waals surface area contributed by atoms with Crippen molar-refractivity contribution in [3.8, 4) is 0 Å². The zero-order valence-electron chi connectivity index (χ0n) is 16.3. The molecule has 0 aromatic heterocycles. The Morgan fingerprint density at radius 3 is 2.39 bits per heavy atom. The first-order valence-electron chi connectivity index (χ1n) is 10.1. The smallest absolute Gasteiger partial charge is 0.253 e. The van der Waals surface area contributed by atoms with Crippen LogP contribution in [-0.2, 0) is 14.8 Å². The molecule has 1 saturated heterocycles. The number of carbonyl (C=O) groups is 2. The summed E-state index contributed by atoms with van der Waals surface area (Å²) in [5, 5.41) is 3.14. The summed E-state index contributed by atoms with van der Waals surface area (Å²) in [5.74, 6) is -0.225. The lowest BCUT2D eigenvalue weighted by molar-refractivity contribution is -0.127. The Bertz CT molecular complexity index is 801. The van der Waals surface area contributed by atoms with Crippen LogP contribution in [0.25, 0.3) is 0 Å². The van der Waals surface area contributed by atoms with E-state index in [4.69, 9.17) is 0 Å². The number of hydrogen-bond acceptors (Lipinski definition) is 4. The molecule has 1 unspecified atom stereocenters. The van der Waals surface area contributed by atoms with Crippen LogP contribution in [0.5, 0.6) is 0 Å². The maximum Gasteiger partial charge on any atom is 0.253 e. The summed E-state index contributed by atoms with van der Waals surface area (Å²) in [6, 6.07) is 6.72. The maximum absolute atomic E-state index is 12.8. The van der Waals surface area contributed by atoms with Gasteiger partial charge in [-0.15, -0.1) is 0 Å². The highest BCUT2D eigenvalue weighted by Crippen LogP contribution is 2.22. The van der Waals surface area contributed by atoms with E-state index in [0.717, 1.165) is 25.7 Å². The molecule has 2 fully saturated rings. The second-order valence-electron chi connectivity index (χ2n) is 7.66. The Morgan fingerprint density at radius 1 is 1.07 bits per heavy atom. The van der Waals surface area contributed by atoms with Gasteiger partial charge in [-0.05, 0) is 56.9 Å². The lowest BCUT2D eigenvalue weighted by Gasteiger charge is -2.32. The molecule has 0 bridgehead atoms. The highest BCUT2D eigenvalue weighted by Gasteiger charge is 2.30. The molecule has 2 aliphatic rings. The van der Waals surface area contributed by atoms with Crippen molar-refractivity contribution in [1.29, 1.82) is 0 Å². The van der Waals surface area contributed by atoms with E-state index in [1.807, 2.05) is 0 Å². The van der Waals surface area contributed by atoms with Gasteiger partial charge in [-0.1, -0.05) is 12.8 Å². The van der Waals surface area contributed by atoms with Crippen molar-refractivity contribution in [2.45, 2.75) is 51.5 Å². The molecular weight excluding hydrogens is 378 g/mol. The van der Waals surface area contributed by atoms with Crippen molar-refractivity contribution < 1.29 is 18.0 Å². The van der Waals surface area contributed by atoms with Crippen LogP contribution < -0.4 is 10.0 Å².